The lowest BCUT2D eigenvalue weighted by Crippen LogP contribution is -2.09. The van der Waals surface area contributed by atoms with E-state index in [1.807, 2.05) is 12.1 Å². The van der Waals surface area contributed by atoms with E-state index in [1.165, 1.54) is 69.8 Å². The Morgan fingerprint density at radius 2 is 1.52 bits per heavy atom. The number of fused-ring (bicyclic) bond motifs is 1. The van der Waals surface area contributed by atoms with Crippen LogP contribution < -0.4 is 10.5 Å². The molecular weight excluding hydrogens is 406 g/mol. The zero-order chi connectivity index (χ0) is 23.3. The maximum absolute atomic E-state index is 9.94. The van der Waals surface area contributed by atoms with Gasteiger partial charge in [-0.1, -0.05) is 83.3 Å². The fraction of sp³-hybridized carbons (Fsp3) is 0.586. The number of aromatic nitrogens is 1. The van der Waals surface area contributed by atoms with Gasteiger partial charge in [-0.05, 0) is 55.4 Å². The third-order valence-corrected chi connectivity index (χ3v) is 6.77. The third kappa shape index (κ3) is 7.49. The first-order valence-corrected chi connectivity index (χ1v) is 13.2. The van der Waals surface area contributed by atoms with E-state index in [-0.39, 0.29) is 0 Å². The van der Waals surface area contributed by atoms with Crippen LogP contribution in [0.1, 0.15) is 107 Å². The van der Waals surface area contributed by atoms with Crippen molar-refractivity contribution in [2.45, 2.75) is 103 Å². The quantitative estimate of drug-likeness (QED) is 0.419. The molecule has 2 N–H and O–H groups in total. The van der Waals surface area contributed by atoms with Gasteiger partial charge in [0.1, 0.15) is 23.2 Å². The van der Waals surface area contributed by atoms with Crippen molar-refractivity contribution in [3.63, 3.8) is 0 Å². The molecule has 2 aromatic rings. The summed E-state index contributed by atoms with van der Waals surface area (Å²) in [4.78, 5) is 4.72. The van der Waals surface area contributed by atoms with Crippen LogP contribution in [0, 0.1) is 11.3 Å². The lowest BCUT2D eigenvalue weighted by atomic mass is 9.89. The molecule has 178 valence electrons. The van der Waals surface area contributed by atoms with Crippen molar-refractivity contribution < 1.29 is 4.74 Å². The highest BCUT2D eigenvalue weighted by atomic mass is 16.5. The van der Waals surface area contributed by atoms with E-state index >= 15 is 0 Å². The topological polar surface area (TPSA) is 71.9 Å². The number of nitrogen functional groups attached to an aromatic ring is 1. The van der Waals surface area contributed by atoms with Crippen molar-refractivity contribution in [1.82, 2.24) is 4.98 Å². The van der Waals surface area contributed by atoms with Crippen LogP contribution in [-0.2, 0) is 12.8 Å². The van der Waals surface area contributed by atoms with E-state index in [0.717, 1.165) is 61.3 Å². The van der Waals surface area contributed by atoms with E-state index < -0.39 is 0 Å². The predicted molar refractivity (Wildman–Crippen MR) is 137 cm³/mol. The third-order valence-electron chi connectivity index (χ3n) is 6.77. The summed E-state index contributed by atoms with van der Waals surface area (Å²) in [5, 5.41) is 9.94. The van der Waals surface area contributed by atoms with Crippen molar-refractivity contribution in [2.24, 2.45) is 0 Å². The average Bonchev–Trinajstić information content (AvgIpc) is 2.82. The van der Waals surface area contributed by atoms with Crippen molar-refractivity contribution in [1.29, 1.82) is 5.26 Å². The SMILES string of the molecule is CCCCCCCOc1ccc(-c2c(C#N)c(N)nc3c2CCCCCCCCCC3)cc1. The number of rotatable bonds is 8. The lowest BCUT2D eigenvalue weighted by Gasteiger charge is -2.19. The van der Waals surface area contributed by atoms with Crippen LogP contribution in [0.4, 0.5) is 5.82 Å². The summed E-state index contributed by atoms with van der Waals surface area (Å²) in [5.41, 5.74) is 11.2. The van der Waals surface area contributed by atoms with E-state index in [1.54, 1.807) is 0 Å². The van der Waals surface area contributed by atoms with Gasteiger partial charge >= 0.3 is 0 Å². The zero-order valence-electron chi connectivity index (χ0n) is 20.5. The molecule has 0 spiro atoms. The van der Waals surface area contributed by atoms with Crippen molar-refractivity contribution in [3.05, 3.63) is 41.1 Å². The van der Waals surface area contributed by atoms with Gasteiger partial charge in [-0.15, -0.1) is 0 Å². The van der Waals surface area contributed by atoms with Gasteiger partial charge in [0, 0.05) is 11.3 Å². The van der Waals surface area contributed by atoms with Gasteiger partial charge in [-0.25, -0.2) is 4.98 Å². The molecular formula is C29H41N3O. The first-order chi connectivity index (χ1) is 16.2. The Balaban J connectivity index is 1.82. The standard InChI is InChI=1S/C29H41N3O/c1-2-3-4-11-14-21-33-24-19-17-23(18-20-24)28-25-15-12-9-7-5-6-8-10-13-16-27(25)32-29(31)26(28)22-30/h17-20H,2-16,21H2,1H3,(H2,31,32). The molecule has 0 saturated carbocycles. The molecule has 4 heteroatoms. The summed E-state index contributed by atoms with van der Waals surface area (Å²) in [6, 6.07) is 10.6. The largest absolute Gasteiger partial charge is 0.494 e. The van der Waals surface area contributed by atoms with E-state index in [9.17, 15) is 5.26 Å². The molecule has 1 aliphatic rings. The van der Waals surface area contributed by atoms with Crippen molar-refractivity contribution in [3.8, 4) is 22.9 Å². The molecule has 33 heavy (non-hydrogen) atoms. The monoisotopic (exact) mass is 447 g/mol. The van der Waals surface area contributed by atoms with Crippen molar-refractivity contribution >= 4 is 5.82 Å². The Hall–Kier alpha value is -2.54. The van der Waals surface area contributed by atoms with Crippen LogP contribution in [0.2, 0.25) is 0 Å². The number of ether oxygens (including phenoxy) is 1. The Morgan fingerprint density at radius 1 is 0.879 bits per heavy atom. The number of nitriles is 1. The smallest absolute Gasteiger partial charge is 0.142 e. The number of aryl methyl sites for hydroxylation is 1. The second-order valence-electron chi connectivity index (χ2n) is 9.40. The molecule has 1 aromatic carbocycles. The minimum absolute atomic E-state index is 0.366. The van der Waals surface area contributed by atoms with E-state index in [2.05, 4.69) is 25.1 Å². The molecule has 0 saturated heterocycles. The molecule has 1 aliphatic carbocycles. The van der Waals surface area contributed by atoms with Crippen LogP contribution >= 0.6 is 0 Å². The predicted octanol–water partition coefficient (Wildman–Crippen LogP) is 7.77. The van der Waals surface area contributed by atoms with Gasteiger partial charge in [-0.2, -0.15) is 5.26 Å². The van der Waals surface area contributed by atoms with Crippen LogP contribution in [0.25, 0.3) is 11.1 Å². The number of unbranched alkanes of at least 4 members (excludes halogenated alkanes) is 4. The maximum Gasteiger partial charge on any atom is 0.142 e. The summed E-state index contributed by atoms with van der Waals surface area (Å²) in [6.45, 7) is 2.99. The molecule has 4 nitrogen and oxygen atoms in total. The minimum Gasteiger partial charge on any atom is -0.494 e. The normalized spacial score (nSPS) is 15.0. The van der Waals surface area contributed by atoms with Crippen molar-refractivity contribution in [2.75, 3.05) is 12.3 Å². The fourth-order valence-corrected chi connectivity index (χ4v) is 4.87. The average molecular weight is 448 g/mol. The van der Waals surface area contributed by atoms with Crippen LogP contribution in [0.15, 0.2) is 24.3 Å². The number of pyridine rings is 1. The van der Waals surface area contributed by atoms with Gasteiger partial charge in [0.05, 0.1) is 6.61 Å². The Kier molecular flexibility index (Phi) is 10.6. The minimum atomic E-state index is 0.366. The number of nitrogens with zero attached hydrogens (tertiary/aromatic N) is 2. The van der Waals surface area contributed by atoms with Crippen LogP contribution in [0.3, 0.4) is 0 Å². The van der Waals surface area contributed by atoms with E-state index in [4.69, 9.17) is 15.5 Å². The molecule has 0 fully saturated rings. The van der Waals surface area contributed by atoms with Gasteiger partial charge in [0.2, 0.25) is 0 Å². The second kappa shape index (κ2) is 13.9. The molecule has 0 unspecified atom stereocenters. The molecule has 1 aromatic heterocycles. The highest BCUT2D eigenvalue weighted by Crippen LogP contribution is 2.35. The summed E-state index contributed by atoms with van der Waals surface area (Å²) < 4.78 is 5.96. The van der Waals surface area contributed by atoms with Crippen LogP contribution in [-0.4, -0.2) is 11.6 Å². The number of nitrogens with two attached hydrogens (primary N) is 1. The summed E-state index contributed by atoms with van der Waals surface area (Å²) in [6.07, 6.45) is 18.1. The first-order valence-electron chi connectivity index (χ1n) is 13.2. The molecule has 0 atom stereocenters. The highest BCUT2D eigenvalue weighted by molar-refractivity contribution is 5.79. The maximum atomic E-state index is 9.94. The summed E-state index contributed by atoms with van der Waals surface area (Å²) in [7, 11) is 0. The molecule has 3 rings (SSSR count). The fourth-order valence-electron chi connectivity index (χ4n) is 4.87. The Morgan fingerprint density at radius 3 is 2.18 bits per heavy atom. The van der Waals surface area contributed by atoms with Gasteiger partial charge in [0.25, 0.3) is 0 Å². The second-order valence-corrected chi connectivity index (χ2v) is 9.40. The lowest BCUT2D eigenvalue weighted by molar-refractivity contribution is 0.304. The first kappa shape index (κ1) is 25.1. The number of benzene rings is 1. The zero-order valence-corrected chi connectivity index (χ0v) is 20.5. The van der Waals surface area contributed by atoms with Gasteiger partial charge in [0.15, 0.2) is 0 Å². The molecule has 1 heterocycles. The van der Waals surface area contributed by atoms with Crippen LogP contribution in [0.5, 0.6) is 5.75 Å². The van der Waals surface area contributed by atoms with Gasteiger partial charge < -0.3 is 10.5 Å². The Labute approximate surface area is 200 Å². The molecule has 0 aliphatic heterocycles. The van der Waals surface area contributed by atoms with Gasteiger partial charge in [-0.3, -0.25) is 0 Å². The highest BCUT2D eigenvalue weighted by Gasteiger charge is 2.20. The summed E-state index contributed by atoms with van der Waals surface area (Å²) in [5.74, 6) is 1.25. The van der Waals surface area contributed by atoms with E-state index in [0.29, 0.717) is 11.4 Å². The molecule has 0 radical (unpaired) electrons. The number of anilines is 1. The Bertz CT molecular complexity index is 899. The molecule has 0 bridgehead atoms. The summed E-state index contributed by atoms with van der Waals surface area (Å²) >= 11 is 0. The molecule has 0 amide bonds. The number of hydrogen-bond donors (Lipinski definition) is 1. The number of hydrogen-bond acceptors (Lipinski definition) is 4.